The number of carbonyl (C=O) groups is 1. The van der Waals surface area contributed by atoms with Crippen molar-refractivity contribution in [2.24, 2.45) is 5.73 Å². The summed E-state index contributed by atoms with van der Waals surface area (Å²) in [5.41, 5.74) is 9.22. The normalized spacial score (nSPS) is 18.8. The molecule has 2 aromatic heterocycles. The Morgan fingerprint density at radius 2 is 1.75 bits per heavy atom. The van der Waals surface area contributed by atoms with Crippen LogP contribution in [0.15, 0.2) is 42.7 Å². The smallest absolute Gasteiger partial charge is 0.271 e. The van der Waals surface area contributed by atoms with E-state index in [1.165, 1.54) is 12.4 Å². The molecule has 5 heterocycles. The fraction of sp³-hybridized carbons (Fsp3) is 0.419. The minimum absolute atomic E-state index is 0.0210. The molecule has 7 rings (SSSR count). The Hall–Kier alpha value is -4.33. The number of aromatic nitrogens is 4. The van der Waals surface area contributed by atoms with Gasteiger partial charge in [-0.15, -0.1) is 0 Å². The van der Waals surface area contributed by atoms with Crippen LogP contribution in [0.4, 0.5) is 27.4 Å². The Bertz CT molecular complexity index is 1640. The Kier molecular flexibility index (Phi) is 7.75. The molecule has 13 heteroatoms. The van der Waals surface area contributed by atoms with Gasteiger partial charge in [-0.05, 0) is 56.3 Å². The van der Waals surface area contributed by atoms with Crippen LogP contribution in [-0.4, -0.2) is 107 Å². The molecule has 44 heavy (non-hydrogen) atoms. The molecule has 0 aliphatic carbocycles. The van der Waals surface area contributed by atoms with E-state index in [9.17, 15) is 9.18 Å². The fourth-order valence-corrected chi connectivity index (χ4v) is 6.26. The van der Waals surface area contributed by atoms with Crippen molar-refractivity contribution in [1.82, 2.24) is 29.7 Å². The number of nitrogens with zero attached hydrogens (tertiary/aromatic N) is 6. The number of carbonyl (C=O) groups excluding carboxylic acids is 1. The lowest BCUT2D eigenvalue weighted by molar-refractivity contribution is 0.0209. The van der Waals surface area contributed by atoms with Crippen LogP contribution in [0, 0.1) is 5.82 Å². The number of nitrogens with one attached hydrogen (secondary N) is 3. The first-order valence-electron chi connectivity index (χ1n) is 15.2. The molecule has 1 amide bonds. The van der Waals surface area contributed by atoms with E-state index in [1.54, 1.807) is 6.07 Å². The number of primary amides is 1. The number of hydrogen-bond donors (Lipinski definition) is 4. The lowest BCUT2D eigenvalue weighted by Gasteiger charge is -2.42. The second-order valence-electron chi connectivity index (χ2n) is 11.8. The number of likely N-dealkylation sites (N-methyl/N-ethyl adjacent to an activating group) is 1. The van der Waals surface area contributed by atoms with Gasteiger partial charge in [0.1, 0.15) is 11.2 Å². The molecule has 4 aromatic rings. The Morgan fingerprint density at radius 3 is 2.43 bits per heavy atom. The number of rotatable bonds is 8. The zero-order valence-electron chi connectivity index (χ0n) is 24.7. The van der Waals surface area contributed by atoms with E-state index in [1.807, 2.05) is 12.1 Å². The van der Waals surface area contributed by atoms with E-state index in [-0.39, 0.29) is 23.1 Å². The van der Waals surface area contributed by atoms with Crippen LogP contribution in [0.3, 0.4) is 0 Å². The Morgan fingerprint density at radius 1 is 1.00 bits per heavy atom. The molecule has 3 aliphatic heterocycles. The molecule has 0 radical (unpaired) electrons. The molecule has 3 aliphatic rings. The summed E-state index contributed by atoms with van der Waals surface area (Å²) in [7, 11) is 2.20. The molecule has 0 atom stereocenters. The predicted octanol–water partition coefficient (Wildman–Crippen LogP) is 3.03. The van der Waals surface area contributed by atoms with Crippen molar-refractivity contribution < 1.29 is 13.9 Å². The summed E-state index contributed by atoms with van der Waals surface area (Å²) in [4.78, 5) is 36.6. The van der Waals surface area contributed by atoms with Crippen molar-refractivity contribution in [2.45, 2.75) is 24.9 Å². The van der Waals surface area contributed by atoms with E-state index in [2.05, 4.69) is 59.5 Å². The van der Waals surface area contributed by atoms with Crippen LogP contribution in [-0.2, 0) is 4.74 Å². The van der Waals surface area contributed by atoms with Gasteiger partial charge in [-0.25, -0.2) is 19.3 Å². The fourth-order valence-electron chi connectivity index (χ4n) is 6.26. The number of ether oxygens (including phenoxy) is 1. The topological polar surface area (TPSA) is 141 Å². The van der Waals surface area contributed by atoms with Gasteiger partial charge in [-0.3, -0.25) is 9.69 Å². The number of aromatic amines is 1. The first-order chi connectivity index (χ1) is 21.4. The standard InChI is InChI=1S/C31H37FN10O2/c1-40-12-14-42(15-13-40)22-8-10-41(11-9-22)21-4-2-19(3-5-21)36-31-28(29(33)43)38-26(30(39-31)37-20-16-44-17-20)23-6-7-24(32)27-25(23)34-18-35-27/h2-7,18,20,22H,8-17H2,1H3,(H2,33,43)(H,34,35)(H2,36,37,39). The monoisotopic (exact) mass is 600 g/mol. The van der Waals surface area contributed by atoms with Gasteiger partial charge in [-0.1, -0.05) is 0 Å². The molecule has 0 unspecified atom stereocenters. The lowest BCUT2D eigenvalue weighted by Crippen LogP contribution is -2.52. The van der Waals surface area contributed by atoms with Crippen LogP contribution >= 0.6 is 0 Å². The van der Waals surface area contributed by atoms with Crippen LogP contribution in [0.1, 0.15) is 23.3 Å². The van der Waals surface area contributed by atoms with Gasteiger partial charge in [0.25, 0.3) is 5.91 Å². The van der Waals surface area contributed by atoms with Crippen LogP contribution in [0.5, 0.6) is 0 Å². The van der Waals surface area contributed by atoms with Gasteiger partial charge in [-0.2, -0.15) is 0 Å². The van der Waals surface area contributed by atoms with Crippen molar-refractivity contribution in [3.05, 3.63) is 54.2 Å². The summed E-state index contributed by atoms with van der Waals surface area (Å²) in [6, 6.07) is 11.7. The highest BCUT2D eigenvalue weighted by Gasteiger charge is 2.28. The summed E-state index contributed by atoms with van der Waals surface area (Å²) >= 11 is 0. The molecule has 0 saturated carbocycles. The number of piperidine rings is 1. The van der Waals surface area contributed by atoms with E-state index >= 15 is 0 Å². The quantitative estimate of drug-likeness (QED) is 0.239. The molecule has 230 valence electrons. The average molecular weight is 601 g/mol. The van der Waals surface area contributed by atoms with Crippen molar-refractivity contribution in [1.29, 1.82) is 0 Å². The van der Waals surface area contributed by atoms with Gasteiger partial charge in [0.05, 0.1) is 31.1 Å². The van der Waals surface area contributed by atoms with Crippen LogP contribution in [0.2, 0.25) is 0 Å². The van der Waals surface area contributed by atoms with Gasteiger partial charge < -0.3 is 35.9 Å². The van der Waals surface area contributed by atoms with Gasteiger partial charge >= 0.3 is 0 Å². The molecule has 0 bridgehead atoms. The molecule has 0 spiro atoms. The molecular formula is C31H37FN10O2. The number of imidazole rings is 1. The summed E-state index contributed by atoms with van der Waals surface area (Å²) in [6.07, 6.45) is 3.74. The minimum atomic E-state index is -0.734. The number of nitrogens with two attached hydrogens (primary N) is 1. The lowest BCUT2D eigenvalue weighted by atomic mass is 10.0. The zero-order valence-corrected chi connectivity index (χ0v) is 24.7. The molecule has 12 nitrogen and oxygen atoms in total. The maximum atomic E-state index is 14.4. The molecule has 5 N–H and O–H groups in total. The largest absolute Gasteiger partial charge is 0.377 e. The summed E-state index contributed by atoms with van der Waals surface area (Å²) in [6.45, 7) is 7.67. The van der Waals surface area contributed by atoms with Crippen molar-refractivity contribution in [3.63, 3.8) is 0 Å². The summed E-state index contributed by atoms with van der Waals surface area (Å²) < 4.78 is 19.8. The molecule has 2 aromatic carbocycles. The van der Waals surface area contributed by atoms with Crippen molar-refractivity contribution in [3.8, 4) is 11.3 Å². The van der Waals surface area contributed by atoms with E-state index < -0.39 is 11.7 Å². The second-order valence-corrected chi connectivity index (χ2v) is 11.8. The molecule has 3 saturated heterocycles. The number of benzene rings is 2. The second kappa shape index (κ2) is 12.0. The van der Waals surface area contributed by atoms with Crippen molar-refractivity contribution >= 4 is 40.0 Å². The number of amides is 1. The number of piperazine rings is 1. The number of hydrogen-bond acceptors (Lipinski definition) is 10. The highest BCUT2D eigenvalue weighted by Crippen LogP contribution is 2.34. The number of fused-ring (bicyclic) bond motifs is 1. The van der Waals surface area contributed by atoms with E-state index in [4.69, 9.17) is 15.5 Å². The minimum Gasteiger partial charge on any atom is -0.377 e. The third-order valence-electron chi connectivity index (χ3n) is 8.91. The average Bonchev–Trinajstić information content (AvgIpc) is 3.52. The van der Waals surface area contributed by atoms with Gasteiger partial charge in [0.15, 0.2) is 23.1 Å². The Labute approximate surface area is 254 Å². The molecular weight excluding hydrogens is 563 g/mol. The molecule has 3 fully saturated rings. The van der Waals surface area contributed by atoms with Crippen LogP contribution in [0.25, 0.3) is 22.3 Å². The Balaban J connectivity index is 1.12. The maximum absolute atomic E-state index is 14.4. The first-order valence-corrected chi connectivity index (χ1v) is 15.2. The predicted molar refractivity (Wildman–Crippen MR) is 168 cm³/mol. The summed E-state index contributed by atoms with van der Waals surface area (Å²) in [5, 5.41) is 6.61. The third kappa shape index (κ3) is 5.65. The highest BCUT2D eigenvalue weighted by atomic mass is 19.1. The first kappa shape index (κ1) is 28.4. The third-order valence-corrected chi connectivity index (χ3v) is 8.91. The number of anilines is 4. The zero-order chi connectivity index (χ0) is 30.2. The summed E-state index contributed by atoms with van der Waals surface area (Å²) in [5.74, 6) is -0.542. The van der Waals surface area contributed by atoms with Gasteiger partial charge in [0.2, 0.25) is 0 Å². The van der Waals surface area contributed by atoms with E-state index in [0.717, 1.165) is 63.5 Å². The number of halogens is 1. The highest BCUT2D eigenvalue weighted by molar-refractivity contribution is 6.00. The van der Waals surface area contributed by atoms with E-state index in [0.29, 0.717) is 41.8 Å². The number of H-pyrrole nitrogens is 1. The van der Waals surface area contributed by atoms with Gasteiger partial charge in [0, 0.05) is 62.2 Å². The van der Waals surface area contributed by atoms with Crippen molar-refractivity contribution in [2.75, 3.05) is 75.1 Å². The maximum Gasteiger partial charge on any atom is 0.271 e. The SMILES string of the molecule is CN1CCN(C2CCN(c3ccc(Nc4nc(NC5COC5)c(-c5ccc(F)c6nc[nH]c56)nc4C(N)=O)cc3)CC2)CC1. The van der Waals surface area contributed by atoms with Crippen LogP contribution < -0.4 is 21.3 Å².